The molecule has 2 N–H and O–H groups in total. The molecular weight excluding hydrogens is 456 g/mol. The van der Waals surface area contributed by atoms with Gasteiger partial charge in [0, 0.05) is 0 Å². The van der Waals surface area contributed by atoms with Crippen molar-refractivity contribution >= 4 is 35.2 Å². The lowest BCUT2D eigenvalue weighted by molar-refractivity contribution is -0.137. The number of carbonyl (C=O) groups excluding carboxylic acids is 3. The summed E-state index contributed by atoms with van der Waals surface area (Å²) >= 11 is 6.28. The molecule has 2 rings (SSSR count). The lowest BCUT2D eigenvalue weighted by atomic mass is 10.0. The second-order valence-corrected chi connectivity index (χ2v) is 9.18. The number of anilines is 1. The third-order valence-electron chi connectivity index (χ3n) is 4.77. The Hall–Kier alpha value is -3.57. The Kier molecular flexibility index (Phi) is 9.04. The van der Waals surface area contributed by atoms with Crippen molar-refractivity contribution in [3.63, 3.8) is 0 Å². The average Bonchev–Trinajstić information content (AvgIpc) is 2.74. The molecule has 2 aromatic carbocycles. The van der Waals surface area contributed by atoms with Crippen LogP contribution in [0.15, 0.2) is 42.5 Å². The minimum absolute atomic E-state index is 0.348. The number of halogens is 1. The quantitative estimate of drug-likeness (QED) is 0.561. The zero-order valence-electron chi connectivity index (χ0n) is 19.9. The monoisotopic (exact) mass is 484 g/mol. The van der Waals surface area contributed by atoms with E-state index in [0.717, 1.165) is 16.0 Å². The topological polar surface area (TPSA) is 112 Å². The third kappa shape index (κ3) is 7.49. The van der Waals surface area contributed by atoms with Crippen LogP contribution in [0.4, 0.5) is 10.5 Å². The third-order valence-corrected chi connectivity index (χ3v) is 5.08. The van der Waals surface area contributed by atoms with E-state index in [1.807, 2.05) is 25.1 Å². The highest BCUT2D eigenvalue weighted by Gasteiger charge is 2.32. The number of hydrogen-bond acceptors (Lipinski definition) is 5. The molecular formula is C25H29ClN4O4. The summed E-state index contributed by atoms with van der Waals surface area (Å²) in [6.45, 7) is 7.97. The van der Waals surface area contributed by atoms with Gasteiger partial charge < -0.3 is 20.3 Å². The summed E-state index contributed by atoms with van der Waals surface area (Å²) in [4.78, 5) is 39.7. The number of para-hydroxylation sites is 1. The zero-order valence-corrected chi connectivity index (χ0v) is 20.7. The second kappa shape index (κ2) is 11.5. The van der Waals surface area contributed by atoms with Crippen molar-refractivity contribution in [2.45, 2.75) is 46.3 Å². The molecule has 1 atom stereocenters. The molecule has 0 aliphatic heterocycles. The van der Waals surface area contributed by atoms with Crippen LogP contribution in [-0.4, -0.2) is 41.5 Å². The fourth-order valence-electron chi connectivity index (χ4n) is 3.17. The predicted molar refractivity (Wildman–Crippen MR) is 130 cm³/mol. The van der Waals surface area contributed by atoms with E-state index in [2.05, 4.69) is 10.6 Å². The number of hydrogen-bond donors (Lipinski definition) is 2. The molecule has 0 saturated heterocycles. The highest BCUT2D eigenvalue weighted by molar-refractivity contribution is 6.34. The van der Waals surface area contributed by atoms with Gasteiger partial charge in [0.25, 0.3) is 5.91 Å². The molecule has 0 heterocycles. The minimum Gasteiger partial charge on any atom is -0.444 e. The number of aryl methyl sites for hydroxylation is 2. The maximum Gasteiger partial charge on any atom is 0.408 e. The first kappa shape index (κ1) is 26.7. The Morgan fingerprint density at radius 3 is 2.32 bits per heavy atom. The molecule has 0 radical (unpaired) electrons. The van der Waals surface area contributed by atoms with Gasteiger partial charge in [-0.15, -0.1) is 0 Å². The van der Waals surface area contributed by atoms with Gasteiger partial charge in [-0.3, -0.25) is 9.59 Å². The summed E-state index contributed by atoms with van der Waals surface area (Å²) in [6.07, 6.45) is -0.777. The number of nitrogens with one attached hydrogen (secondary N) is 2. The maximum absolute atomic E-state index is 13.5. The summed E-state index contributed by atoms with van der Waals surface area (Å²) in [7, 11) is 0. The lowest BCUT2D eigenvalue weighted by Gasteiger charge is -2.30. The number of carbonyl (C=O) groups is 3. The van der Waals surface area contributed by atoms with Crippen molar-refractivity contribution in [1.29, 1.82) is 5.26 Å². The molecule has 0 bridgehead atoms. The van der Waals surface area contributed by atoms with Crippen LogP contribution in [-0.2, 0) is 14.3 Å². The van der Waals surface area contributed by atoms with Crippen LogP contribution in [0.1, 0.15) is 43.5 Å². The van der Waals surface area contributed by atoms with Crippen LogP contribution in [0.2, 0.25) is 5.02 Å². The van der Waals surface area contributed by atoms with Gasteiger partial charge in [0.15, 0.2) is 0 Å². The first-order valence-corrected chi connectivity index (χ1v) is 11.1. The van der Waals surface area contributed by atoms with Crippen LogP contribution in [0.3, 0.4) is 0 Å². The van der Waals surface area contributed by atoms with E-state index in [1.165, 1.54) is 0 Å². The van der Waals surface area contributed by atoms with Crippen molar-refractivity contribution in [3.05, 3.63) is 64.2 Å². The molecule has 3 amide bonds. The number of nitriles is 1. The van der Waals surface area contributed by atoms with Gasteiger partial charge in [0.2, 0.25) is 5.91 Å². The maximum atomic E-state index is 13.5. The van der Waals surface area contributed by atoms with Gasteiger partial charge in [-0.25, -0.2) is 4.79 Å². The Morgan fingerprint density at radius 1 is 1.12 bits per heavy atom. The zero-order chi connectivity index (χ0) is 25.5. The standard InChI is InChI=1S/C25H29ClN4O4/c1-16-9-11-18(12-10-16)22(23(32)29-21-17(2)7-6-8-19(21)26)30(14-13-27)20(31)15-28-24(33)34-25(3,4)5/h6-12,22H,14-15H2,1-5H3,(H,28,33)(H,29,32). The number of amides is 3. The van der Waals surface area contributed by atoms with E-state index < -0.39 is 36.1 Å². The summed E-state index contributed by atoms with van der Waals surface area (Å²) in [5.74, 6) is -1.16. The fourth-order valence-corrected chi connectivity index (χ4v) is 3.44. The summed E-state index contributed by atoms with van der Waals surface area (Å²) in [5.41, 5.74) is 1.90. The molecule has 0 aliphatic rings. The van der Waals surface area contributed by atoms with Crippen LogP contribution >= 0.6 is 11.6 Å². The highest BCUT2D eigenvalue weighted by atomic mass is 35.5. The van der Waals surface area contributed by atoms with Crippen molar-refractivity contribution < 1.29 is 19.1 Å². The van der Waals surface area contributed by atoms with Crippen LogP contribution < -0.4 is 10.6 Å². The largest absolute Gasteiger partial charge is 0.444 e. The number of ether oxygens (including phenoxy) is 1. The second-order valence-electron chi connectivity index (χ2n) is 8.77. The number of rotatable bonds is 7. The average molecular weight is 485 g/mol. The smallest absolute Gasteiger partial charge is 0.408 e. The molecule has 34 heavy (non-hydrogen) atoms. The molecule has 0 spiro atoms. The molecule has 9 heteroatoms. The van der Waals surface area contributed by atoms with E-state index in [0.29, 0.717) is 16.3 Å². The molecule has 0 aromatic heterocycles. The van der Waals surface area contributed by atoms with E-state index in [9.17, 15) is 19.6 Å². The van der Waals surface area contributed by atoms with Crippen LogP contribution in [0.5, 0.6) is 0 Å². The predicted octanol–water partition coefficient (Wildman–Crippen LogP) is 4.51. The molecule has 180 valence electrons. The Balaban J connectivity index is 2.37. The SMILES string of the molecule is Cc1ccc(C(C(=O)Nc2c(C)cccc2Cl)N(CC#N)C(=O)CNC(=O)OC(C)(C)C)cc1. The molecule has 0 fully saturated rings. The van der Waals surface area contributed by atoms with E-state index in [1.54, 1.807) is 58.0 Å². The fraction of sp³-hybridized carbons (Fsp3) is 0.360. The summed E-state index contributed by atoms with van der Waals surface area (Å²) < 4.78 is 5.16. The van der Waals surface area contributed by atoms with E-state index in [4.69, 9.17) is 16.3 Å². The molecule has 1 unspecified atom stereocenters. The van der Waals surface area contributed by atoms with Crippen molar-refractivity contribution in [1.82, 2.24) is 10.2 Å². The van der Waals surface area contributed by atoms with Crippen LogP contribution in [0.25, 0.3) is 0 Å². The van der Waals surface area contributed by atoms with Gasteiger partial charge in [0.05, 0.1) is 16.8 Å². The lowest BCUT2D eigenvalue weighted by Crippen LogP contribution is -2.46. The molecule has 0 saturated carbocycles. The molecule has 2 aromatic rings. The molecule has 0 aliphatic carbocycles. The van der Waals surface area contributed by atoms with Gasteiger partial charge in [-0.1, -0.05) is 53.6 Å². The Morgan fingerprint density at radius 2 is 1.76 bits per heavy atom. The van der Waals surface area contributed by atoms with Gasteiger partial charge >= 0.3 is 6.09 Å². The van der Waals surface area contributed by atoms with Gasteiger partial charge in [-0.05, 0) is 51.8 Å². The number of alkyl carbamates (subject to hydrolysis) is 1. The Bertz CT molecular complexity index is 1070. The number of benzene rings is 2. The van der Waals surface area contributed by atoms with Crippen molar-refractivity contribution in [2.24, 2.45) is 0 Å². The van der Waals surface area contributed by atoms with Gasteiger partial charge in [0.1, 0.15) is 24.7 Å². The Labute approximate surface area is 204 Å². The normalized spacial score (nSPS) is 11.7. The van der Waals surface area contributed by atoms with Crippen LogP contribution in [0, 0.1) is 25.2 Å². The van der Waals surface area contributed by atoms with Crippen molar-refractivity contribution in [2.75, 3.05) is 18.4 Å². The van der Waals surface area contributed by atoms with Gasteiger partial charge in [-0.2, -0.15) is 5.26 Å². The van der Waals surface area contributed by atoms with E-state index in [-0.39, 0.29) is 6.54 Å². The summed E-state index contributed by atoms with van der Waals surface area (Å²) in [5, 5.41) is 14.9. The number of nitrogens with zero attached hydrogens (tertiary/aromatic N) is 2. The highest BCUT2D eigenvalue weighted by Crippen LogP contribution is 2.29. The van der Waals surface area contributed by atoms with Crippen molar-refractivity contribution in [3.8, 4) is 6.07 Å². The first-order chi connectivity index (χ1) is 15.9. The minimum atomic E-state index is -1.14. The summed E-state index contributed by atoms with van der Waals surface area (Å²) in [6, 6.07) is 13.1. The first-order valence-electron chi connectivity index (χ1n) is 10.7. The van der Waals surface area contributed by atoms with E-state index >= 15 is 0 Å². The molecule has 8 nitrogen and oxygen atoms in total.